The van der Waals surface area contributed by atoms with Crippen molar-refractivity contribution >= 4 is 8.53 Å². The minimum Gasteiger partial charge on any atom is -0.394 e. The van der Waals surface area contributed by atoms with Crippen LogP contribution in [0.5, 0.6) is 0 Å². The quantitative estimate of drug-likeness (QED) is 0.217. The van der Waals surface area contributed by atoms with E-state index in [1.165, 1.54) is 0 Å². The van der Waals surface area contributed by atoms with Gasteiger partial charge >= 0.3 is 0 Å². The number of nitrogens with two attached hydrogens (primary N) is 2. The Hall–Kier alpha value is 0.0700. The Labute approximate surface area is 92.9 Å². The van der Waals surface area contributed by atoms with Gasteiger partial charge in [0.2, 0.25) is 8.53 Å². The van der Waals surface area contributed by atoms with E-state index in [1.54, 1.807) is 0 Å². The third-order valence-electron chi connectivity index (χ3n) is 1.95. The molecule has 1 aliphatic heterocycles. The van der Waals surface area contributed by atoms with Gasteiger partial charge in [-0.2, -0.15) is 0 Å². The van der Waals surface area contributed by atoms with Gasteiger partial charge in [0.05, 0.1) is 12.6 Å². The van der Waals surface area contributed by atoms with Gasteiger partial charge in [-0.1, -0.05) is 0 Å². The molecular formula is C6H17N2O7P. The highest BCUT2D eigenvalue weighted by atomic mass is 31.2. The second kappa shape index (κ2) is 7.41. The predicted octanol–water partition coefficient (Wildman–Crippen LogP) is -4.10. The highest BCUT2D eigenvalue weighted by Crippen LogP contribution is 2.17. The zero-order valence-electron chi connectivity index (χ0n) is 8.29. The van der Waals surface area contributed by atoms with E-state index in [9.17, 15) is 10.2 Å². The summed E-state index contributed by atoms with van der Waals surface area (Å²) < 4.78 is 4.70. The van der Waals surface area contributed by atoms with E-state index in [-0.39, 0.29) is 0 Å². The van der Waals surface area contributed by atoms with Gasteiger partial charge < -0.3 is 40.7 Å². The first-order chi connectivity index (χ1) is 7.31. The van der Waals surface area contributed by atoms with Crippen molar-refractivity contribution in [3.05, 3.63) is 0 Å². The Bertz CT molecular complexity index is 190. The normalized spacial score (nSPS) is 39.2. The van der Waals surface area contributed by atoms with Gasteiger partial charge in [-0.15, -0.1) is 0 Å². The van der Waals surface area contributed by atoms with E-state index in [1.807, 2.05) is 0 Å². The fraction of sp³-hybridized carbons (Fsp3) is 1.00. The molecule has 1 heterocycles. The largest absolute Gasteiger partial charge is 0.394 e. The summed E-state index contributed by atoms with van der Waals surface area (Å²) in [5, 5.41) is 36.1. The summed E-state index contributed by atoms with van der Waals surface area (Å²) in [6, 6.07) is -1.04. The minimum absolute atomic E-state index is 0.470. The lowest BCUT2D eigenvalue weighted by atomic mass is 9.98. The van der Waals surface area contributed by atoms with Gasteiger partial charge in [0.25, 0.3) is 0 Å². The molecule has 1 saturated heterocycles. The van der Waals surface area contributed by atoms with Crippen LogP contribution in [0, 0.1) is 0 Å². The molecule has 0 aromatic carbocycles. The molecule has 0 radical (unpaired) electrons. The molecule has 0 spiro atoms. The van der Waals surface area contributed by atoms with Crippen molar-refractivity contribution in [3.8, 4) is 0 Å². The maximum atomic E-state index is 9.20. The van der Waals surface area contributed by atoms with Gasteiger partial charge in [-0.05, 0) is 0 Å². The smallest absolute Gasteiger partial charge is 0.247 e. The second-order valence-electron chi connectivity index (χ2n) is 3.13. The van der Waals surface area contributed by atoms with Gasteiger partial charge in [0, 0.05) is 0 Å². The minimum atomic E-state index is -2.12. The standard InChI is InChI=1S/C6H13NO5.H4NO2P/c7-3-5(10)4(9)2(1-8)12-6(3)11;1-4(2)3/h2-6,8-11H,1,7H2;2-3H,1H2/t2-,3-,4-,5-,6?;/m1./s1. The molecule has 0 bridgehead atoms. The number of hydrogen-bond donors (Lipinski definition) is 8. The SMILES string of the molecule is NP(O)O.N[C@H]1C(O)O[C@H](CO)[C@@H](O)[C@@H]1O. The third kappa shape index (κ3) is 4.93. The summed E-state index contributed by atoms with van der Waals surface area (Å²) in [5.74, 6) is 0. The summed E-state index contributed by atoms with van der Waals surface area (Å²) in [6.07, 6.45) is -4.85. The number of hydrogen-bond acceptors (Lipinski definition) is 9. The van der Waals surface area contributed by atoms with Crippen molar-refractivity contribution in [2.24, 2.45) is 11.2 Å². The van der Waals surface area contributed by atoms with E-state index in [0.29, 0.717) is 0 Å². The fourth-order valence-corrected chi connectivity index (χ4v) is 1.12. The van der Waals surface area contributed by atoms with Crippen LogP contribution >= 0.6 is 8.53 Å². The lowest BCUT2D eigenvalue weighted by Crippen LogP contribution is -2.61. The first kappa shape index (κ1) is 16.1. The van der Waals surface area contributed by atoms with Crippen LogP contribution in [-0.2, 0) is 4.74 Å². The molecule has 1 fully saturated rings. The molecule has 1 aliphatic rings. The van der Waals surface area contributed by atoms with Crippen LogP contribution in [-0.4, -0.2) is 67.5 Å². The molecule has 98 valence electrons. The zero-order chi connectivity index (χ0) is 12.9. The molecule has 10 N–H and O–H groups in total. The lowest BCUT2D eigenvalue weighted by molar-refractivity contribution is -0.248. The Morgan fingerprint density at radius 3 is 1.94 bits per heavy atom. The van der Waals surface area contributed by atoms with E-state index in [4.69, 9.17) is 30.5 Å². The third-order valence-corrected chi connectivity index (χ3v) is 1.95. The van der Waals surface area contributed by atoms with Crippen molar-refractivity contribution in [1.82, 2.24) is 0 Å². The van der Waals surface area contributed by atoms with Crippen LogP contribution in [0.4, 0.5) is 0 Å². The average Bonchev–Trinajstić information content (AvgIpc) is 2.19. The molecular weight excluding hydrogens is 243 g/mol. The summed E-state index contributed by atoms with van der Waals surface area (Å²) in [5.41, 5.74) is 9.55. The lowest BCUT2D eigenvalue weighted by Gasteiger charge is -2.38. The van der Waals surface area contributed by atoms with E-state index >= 15 is 0 Å². The highest BCUT2D eigenvalue weighted by molar-refractivity contribution is 7.42. The Morgan fingerprint density at radius 1 is 1.12 bits per heavy atom. The molecule has 5 atom stereocenters. The Balaban J connectivity index is 0.000000487. The first-order valence-corrected chi connectivity index (χ1v) is 5.61. The molecule has 1 rings (SSSR count). The molecule has 0 aromatic heterocycles. The highest BCUT2D eigenvalue weighted by Gasteiger charge is 2.41. The molecule has 0 saturated carbocycles. The molecule has 0 aromatic rings. The predicted molar refractivity (Wildman–Crippen MR) is 53.5 cm³/mol. The van der Waals surface area contributed by atoms with Gasteiger partial charge in [0.15, 0.2) is 6.29 Å². The topological polar surface area (TPSA) is 183 Å². The van der Waals surface area contributed by atoms with Crippen molar-refractivity contribution < 1.29 is 34.9 Å². The van der Waals surface area contributed by atoms with Gasteiger partial charge in [0.1, 0.15) is 18.3 Å². The maximum Gasteiger partial charge on any atom is 0.247 e. The molecule has 10 heteroatoms. The molecule has 9 nitrogen and oxygen atoms in total. The van der Waals surface area contributed by atoms with Crippen molar-refractivity contribution in [2.45, 2.75) is 30.6 Å². The second-order valence-corrected chi connectivity index (χ2v) is 3.77. The van der Waals surface area contributed by atoms with E-state index in [0.717, 1.165) is 0 Å². The van der Waals surface area contributed by atoms with Gasteiger partial charge in [-0.25, -0.2) is 0 Å². The van der Waals surface area contributed by atoms with Gasteiger partial charge in [-0.3, -0.25) is 5.50 Å². The number of rotatable bonds is 1. The van der Waals surface area contributed by atoms with Crippen molar-refractivity contribution in [1.29, 1.82) is 0 Å². The Kier molecular flexibility index (Phi) is 7.44. The summed E-state index contributed by atoms with van der Waals surface area (Å²) in [6.45, 7) is -0.470. The molecule has 0 aliphatic carbocycles. The molecule has 0 amide bonds. The number of aliphatic hydroxyl groups excluding tert-OH is 4. The van der Waals surface area contributed by atoms with Crippen LogP contribution in [0.2, 0.25) is 0 Å². The maximum absolute atomic E-state index is 9.20. The van der Waals surface area contributed by atoms with Crippen molar-refractivity contribution in [3.63, 3.8) is 0 Å². The fourth-order valence-electron chi connectivity index (χ4n) is 1.12. The number of aliphatic hydroxyl groups is 4. The molecule has 1 unspecified atom stereocenters. The average molecular weight is 260 g/mol. The zero-order valence-corrected chi connectivity index (χ0v) is 9.18. The number of ether oxygens (including phenoxy) is 1. The van der Waals surface area contributed by atoms with E-state index < -0.39 is 45.8 Å². The van der Waals surface area contributed by atoms with Crippen LogP contribution in [0.3, 0.4) is 0 Å². The van der Waals surface area contributed by atoms with Crippen LogP contribution < -0.4 is 11.2 Å². The first-order valence-electron chi connectivity index (χ1n) is 4.30. The summed E-state index contributed by atoms with van der Waals surface area (Å²) in [7, 11) is -2.12. The summed E-state index contributed by atoms with van der Waals surface area (Å²) >= 11 is 0. The monoisotopic (exact) mass is 260 g/mol. The van der Waals surface area contributed by atoms with Crippen LogP contribution in [0.1, 0.15) is 0 Å². The van der Waals surface area contributed by atoms with Crippen LogP contribution in [0.15, 0.2) is 0 Å². The van der Waals surface area contributed by atoms with E-state index in [2.05, 4.69) is 5.50 Å². The Morgan fingerprint density at radius 2 is 1.56 bits per heavy atom. The summed E-state index contributed by atoms with van der Waals surface area (Å²) in [4.78, 5) is 14.9. The van der Waals surface area contributed by atoms with Crippen molar-refractivity contribution in [2.75, 3.05) is 6.61 Å². The molecule has 16 heavy (non-hydrogen) atoms. The van der Waals surface area contributed by atoms with Crippen LogP contribution in [0.25, 0.3) is 0 Å².